The normalized spacial score (nSPS) is 13.0. The van der Waals surface area contributed by atoms with Gasteiger partial charge in [-0.2, -0.15) is 0 Å². The van der Waals surface area contributed by atoms with Gasteiger partial charge in [0, 0.05) is 19.2 Å². The SMILES string of the molecule is CC(C)C(C)N(C)c1cc(Cl)ncn1. The van der Waals surface area contributed by atoms with Gasteiger partial charge in [0.25, 0.3) is 0 Å². The zero-order valence-corrected chi connectivity index (χ0v) is 9.78. The van der Waals surface area contributed by atoms with Crippen LogP contribution in [-0.2, 0) is 0 Å². The molecule has 0 aliphatic heterocycles. The number of nitrogens with zero attached hydrogens (tertiary/aromatic N) is 3. The van der Waals surface area contributed by atoms with Gasteiger partial charge in [0.1, 0.15) is 17.3 Å². The summed E-state index contributed by atoms with van der Waals surface area (Å²) in [6.45, 7) is 6.54. The Kier molecular flexibility index (Phi) is 3.69. The third-order valence-corrected chi connectivity index (χ3v) is 2.76. The van der Waals surface area contributed by atoms with Gasteiger partial charge in [-0.05, 0) is 12.8 Å². The topological polar surface area (TPSA) is 29.0 Å². The Bertz CT molecular complexity index is 301. The summed E-state index contributed by atoms with van der Waals surface area (Å²) in [6, 6.07) is 2.21. The summed E-state index contributed by atoms with van der Waals surface area (Å²) in [5.41, 5.74) is 0. The number of anilines is 1. The minimum absolute atomic E-state index is 0.431. The second-order valence-corrected chi connectivity index (χ2v) is 4.18. The lowest BCUT2D eigenvalue weighted by atomic mass is 10.1. The maximum Gasteiger partial charge on any atom is 0.134 e. The fourth-order valence-corrected chi connectivity index (χ4v) is 1.31. The van der Waals surface area contributed by atoms with Crippen LogP contribution in [-0.4, -0.2) is 23.1 Å². The molecular weight excluding hydrogens is 198 g/mol. The summed E-state index contributed by atoms with van der Waals surface area (Å²) < 4.78 is 0. The van der Waals surface area contributed by atoms with Crippen LogP contribution in [0.25, 0.3) is 0 Å². The molecule has 0 saturated carbocycles. The molecule has 0 saturated heterocycles. The third-order valence-electron chi connectivity index (χ3n) is 2.56. The third kappa shape index (κ3) is 2.58. The first-order chi connectivity index (χ1) is 6.52. The summed E-state index contributed by atoms with van der Waals surface area (Å²) in [4.78, 5) is 10.1. The van der Waals surface area contributed by atoms with Crippen molar-refractivity contribution in [3.05, 3.63) is 17.5 Å². The first kappa shape index (κ1) is 11.2. The van der Waals surface area contributed by atoms with E-state index < -0.39 is 0 Å². The highest BCUT2D eigenvalue weighted by Gasteiger charge is 2.14. The van der Waals surface area contributed by atoms with E-state index in [1.165, 1.54) is 6.33 Å². The molecule has 1 rings (SSSR count). The van der Waals surface area contributed by atoms with Crippen molar-refractivity contribution < 1.29 is 0 Å². The number of hydrogen-bond acceptors (Lipinski definition) is 3. The Morgan fingerprint density at radius 3 is 2.43 bits per heavy atom. The van der Waals surface area contributed by atoms with E-state index in [2.05, 4.69) is 35.6 Å². The van der Waals surface area contributed by atoms with Gasteiger partial charge in [0.05, 0.1) is 0 Å². The predicted octanol–water partition coefficient (Wildman–Crippen LogP) is 2.61. The van der Waals surface area contributed by atoms with Gasteiger partial charge < -0.3 is 4.90 Å². The van der Waals surface area contributed by atoms with Crippen molar-refractivity contribution in [1.29, 1.82) is 0 Å². The van der Waals surface area contributed by atoms with Crippen LogP contribution in [0, 0.1) is 5.92 Å². The Balaban J connectivity index is 2.83. The smallest absolute Gasteiger partial charge is 0.134 e. The lowest BCUT2D eigenvalue weighted by Crippen LogP contribution is -2.33. The average Bonchev–Trinajstić information content (AvgIpc) is 2.15. The van der Waals surface area contributed by atoms with Crippen molar-refractivity contribution in [2.75, 3.05) is 11.9 Å². The molecule has 0 aliphatic carbocycles. The Morgan fingerprint density at radius 2 is 1.93 bits per heavy atom. The van der Waals surface area contributed by atoms with Gasteiger partial charge in [0.2, 0.25) is 0 Å². The van der Waals surface area contributed by atoms with E-state index in [4.69, 9.17) is 11.6 Å². The van der Waals surface area contributed by atoms with E-state index in [9.17, 15) is 0 Å². The molecule has 0 bridgehead atoms. The molecule has 0 N–H and O–H groups in total. The van der Waals surface area contributed by atoms with Crippen LogP contribution in [0.3, 0.4) is 0 Å². The monoisotopic (exact) mass is 213 g/mol. The minimum atomic E-state index is 0.431. The van der Waals surface area contributed by atoms with E-state index in [-0.39, 0.29) is 0 Å². The van der Waals surface area contributed by atoms with Crippen molar-refractivity contribution >= 4 is 17.4 Å². The standard InChI is InChI=1S/C10H16ClN3/c1-7(2)8(3)14(4)10-5-9(11)12-6-13-10/h5-8H,1-4H3. The number of aromatic nitrogens is 2. The summed E-state index contributed by atoms with van der Waals surface area (Å²) in [5.74, 6) is 1.44. The van der Waals surface area contributed by atoms with Gasteiger partial charge in [-0.3, -0.25) is 0 Å². The highest BCUT2D eigenvalue weighted by Crippen LogP contribution is 2.18. The summed E-state index contributed by atoms with van der Waals surface area (Å²) in [7, 11) is 2.02. The van der Waals surface area contributed by atoms with Gasteiger partial charge in [-0.25, -0.2) is 9.97 Å². The molecule has 0 radical (unpaired) electrons. The second-order valence-electron chi connectivity index (χ2n) is 3.79. The molecule has 78 valence electrons. The van der Waals surface area contributed by atoms with E-state index >= 15 is 0 Å². The largest absolute Gasteiger partial charge is 0.357 e. The van der Waals surface area contributed by atoms with Crippen molar-refractivity contribution in [3.8, 4) is 0 Å². The van der Waals surface area contributed by atoms with Crippen LogP contribution < -0.4 is 4.90 Å². The molecule has 4 heteroatoms. The number of hydrogen-bond donors (Lipinski definition) is 0. The van der Waals surface area contributed by atoms with Gasteiger partial charge >= 0.3 is 0 Å². The van der Waals surface area contributed by atoms with E-state index in [1.54, 1.807) is 6.07 Å². The molecule has 0 amide bonds. The van der Waals surface area contributed by atoms with Gasteiger partial charge in [0.15, 0.2) is 0 Å². The molecular formula is C10H16ClN3. The van der Waals surface area contributed by atoms with Crippen molar-refractivity contribution in [3.63, 3.8) is 0 Å². The molecule has 1 aromatic heterocycles. The number of halogens is 1. The highest BCUT2D eigenvalue weighted by molar-refractivity contribution is 6.29. The molecule has 0 fully saturated rings. The van der Waals surface area contributed by atoms with Crippen molar-refractivity contribution in [1.82, 2.24) is 9.97 Å². The minimum Gasteiger partial charge on any atom is -0.357 e. The zero-order chi connectivity index (χ0) is 10.7. The fraction of sp³-hybridized carbons (Fsp3) is 0.600. The van der Waals surface area contributed by atoms with E-state index in [0.717, 1.165) is 5.82 Å². The van der Waals surface area contributed by atoms with Crippen molar-refractivity contribution in [2.45, 2.75) is 26.8 Å². The summed E-state index contributed by atoms with van der Waals surface area (Å²) in [5, 5.41) is 0.484. The van der Waals surface area contributed by atoms with Crippen LogP contribution in [0.1, 0.15) is 20.8 Å². The average molecular weight is 214 g/mol. The summed E-state index contributed by atoms with van der Waals surface area (Å²) >= 11 is 5.80. The zero-order valence-electron chi connectivity index (χ0n) is 9.03. The molecule has 0 aromatic carbocycles. The molecule has 1 atom stereocenters. The van der Waals surface area contributed by atoms with Crippen LogP contribution in [0.4, 0.5) is 5.82 Å². The maximum absolute atomic E-state index is 5.80. The maximum atomic E-state index is 5.80. The van der Waals surface area contributed by atoms with Crippen LogP contribution in [0.15, 0.2) is 12.4 Å². The van der Waals surface area contributed by atoms with E-state index in [0.29, 0.717) is 17.1 Å². The van der Waals surface area contributed by atoms with Gasteiger partial charge in [-0.1, -0.05) is 25.4 Å². The predicted molar refractivity (Wildman–Crippen MR) is 59.7 cm³/mol. The second kappa shape index (κ2) is 4.60. The lowest BCUT2D eigenvalue weighted by molar-refractivity contribution is 0.502. The fourth-order valence-electron chi connectivity index (χ4n) is 1.17. The Hall–Kier alpha value is -0.830. The van der Waals surface area contributed by atoms with E-state index in [1.807, 2.05) is 7.05 Å². The number of rotatable bonds is 3. The molecule has 14 heavy (non-hydrogen) atoms. The first-order valence-electron chi connectivity index (χ1n) is 4.72. The molecule has 1 heterocycles. The van der Waals surface area contributed by atoms with Crippen molar-refractivity contribution in [2.24, 2.45) is 5.92 Å². The molecule has 3 nitrogen and oxygen atoms in total. The van der Waals surface area contributed by atoms with Crippen LogP contribution >= 0.6 is 11.6 Å². The molecule has 0 aliphatic rings. The lowest BCUT2D eigenvalue weighted by Gasteiger charge is -2.28. The van der Waals surface area contributed by atoms with Crippen LogP contribution in [0.2, 0.25) is 5.15 Å². The molecule has 1 unspecified atom stereocenters. The molecule has 1 aromatic rings. The molecule has 0 spiro atoms. The first-order valence-corrected chi connectivity index (χ1v) is 5.10. The van der Waals surface area contributed by atoms with Crippen LogP contribution in [0.5, 0.6) is 0 Å². The summed E-state index contributed by atoms with van der Waals surface area (Å²) in [6.07, 6.45) is 1.49. The Labute approximate surface area is 90.1 Å². The highest BCUT2D eigenvalue weighted by atomic mass is 35.5. The quantitative estimate of drug-likeness (QED) is 0.723. The Morgan fingerprint density at radius 1 is 1.29 bits per heavy atom. The van der Waals surface area contributed by atoms with Gasteiger partial charge in [-0.15, -0.1) is 0 Å².